The normalized spacial score (nSPS) is 19.6. The standard InChI is InChI=1S/C23H21F9O/c1-2-3-12-4-6-13(7-5-12)15-8-9-16(21(27)20(15)26)23(31,32)33-14-10-17(24)19(18(25)11-14)22(28,29)30/h8-13H,2-7H2,1H3. The first-order chi connectivity index (χ1) is 15.3. The van der Waals surface area contributed by atoms with Crippen LogP contribution in [0.15, 0.2) is 24.3 Å². The molecule has 1 nitrogen and oxygen atoms in total. The number of hydrogen-bond acceptors (Lipinski definition) is 1. The Morgan fingerprint density at radius 1 is 0.848 bits per heavy atom. The van der Waals surface area contributed by atoms with Gasteiger partial charge in [0.2, 0.25) is 0 Å². The van der Waals surface area contributed by atoms with Crippen LogP contribution in [0.5, 0.6) is 5.75 Å². The lowest BCUT2D eigenvalue weighted by atomic mass is 9.77. The predicted molar refractivity (Wildman–Crippen MR) is 102 cm³/mol. The van der Waals surface area contributed by atoms with Crippen molar-refractivity contribution in [3.63, 3.8) is 0 Å². The maximum Gasteiger partial charge on any atom is 0.429 e. The second-order valence-corrected chi connectivity index (χ2v) is 8.22. The third-order valence-corrected chi connectivity index (χ3v) is 5.95. The number of benzene rings is 2. The van der Waals surface area contributed by atoms with Gasteiger partial charge in [-0.25, -0.2) is 17.6 Å². The van der Waals surface area contributed by atoms with Crippen LogP contribution < -0.4 is 4.74 Å². The second kappa shape index (κ2) is 9.46. The Balaban J connectivity index is 1.84. The van der Waals surface area contributed by atoms with Gasteiger partial charge in [0.25, 0.3) is 0 Å². The lowest BCUT2D eigenvalue weighted by molar-refractivity contribution is -0.188. The Bertz CT molecular complexity index is 969. The zero-order valence-electron chi connectivity index (χ0n) is 17.5. The maximum atomic E-state index is 14.7. The van der Waals surface area contributed by atoms with Crippen molar-refractivity contribution in [3.8, 4) is 5.75 Å². The summed E-state index contributed by atoms with van der Waals surface area (Å²) in [6.45, 7) is 2.05. The summed E-state index contributed by atoms with van der Waals surface area (Å²) in [5.41, 5.74) is -3.87. The van der Waals surface area contributed by atoms with Crippen LogP contribution in [0, 0.1) is 29.2 Å². The molecule has 182 valence electrons. The fourth-order valence-electron chi connectivity index (χ4n) is 4.36. The minimum atomic E-state index is -5.41. The summed E-state index contributed by atoms with van der Waals surface area (Å²) in [5, 5.41) is 0. The van der Waals surface area contributed by atoms with Gasteiger partial charge in [0.1, 0.15) is 28.5 Å². The molecule has 0 aliphatic heterocycles. The molecular weight excluding hydrogens is 463 g/mol. The van der Waals surface area contributed by atoms with E-state index < -0.39 is 52.4 Å². The van der Waals surface area contributed by atoms with E-state index in [1.807, 2.05) is 0 Å². The largest absolute Gasteiger partial charge is 0.429 e. The van der Waals surface area contributed by atoms with Crippen molar-refractivity contribution in [3.05, 3.63) is 64.2 Å². The molecule has 0 saturated heterocycles. The van der Waals surface area contributed by atoms with Crippen molar-refractivity contribution in [2.24, 2.45) is 5.92 Å². The molecule has 3 rings (SSSR count). The molecule has 0 radical (unpaired) electrons. The van der Waals surface area contributed by atoms with Crippen molar-refractivity contribution in [2.45, 2.75) is 63.7 Å². The molecule has 33 heavy (non-hydrogen) atoms. The van der Waals surface area contributed by atoms with Crippen LogP contribution in [0.3, 0.4) is 0 Å². The molecule has 0 N–H and O–H groups in total. The number of alkyl halides is 5. The van der Waals surface area contributed by atoms with Gasteiger partial charge in [0.15, 0.2) is 11.6 Å². The van der Waals surface area contributed by atoms with E-state index in [2.05, 4.69) is 11.7 Å². The molecule has 0 spiro atoms. The lowest BCUT2D eigenvalue weighted by Crippen LogP contribution is -2.25. The average Bonchev–Trinajstić information content (AvgIpc) is 2.69. The third-order valence-electron chi connectivity index (χ3n) is 5.95. The van der Waals surface area contributed by atoms with Gasteiger partial charge >= 0.3 is 12.3 Å². The van der Waals surface area contributed by atoms with Gasteiger partial charge in [0, 0.05) is 12.1 Å². The topological polar surface area (TPSA) is 9.23 Å². The first-order valence-electron chi connectivity index (χ1n) is 10.5. The van der Waals surface area contributed by atoms with E-state index in [9.17, 15) is 39.5 Å². The predicted octanol–water partition coefficient (Wildman–Crippen LogP) is 8.46. The summed E-state index contributed by atoms with van der Waals surface area (Å²) in [6.07, 6.45) is -5.20. The molecule has 1 aliphatic carbocycles. The van der Waals surface area contributed by atoms with Crippen molar-refractivity contribution in [2.75, 3.05) is 0 Å². The van der Waals surface area contributed by atoms with Gasteiger partial charge in [-0.15, -0.1) is 0 Å². The molecule has 0 aromatic heterocycles. The van der Waals surface area contributed by atoms with Crippen LogP contribution in [0.25, 0.3) is 0 Å². The molecule has 0 unspecified atom stereocenters. The molecule has 0 heterocycles. The van der Waals surface area contributed by atoms with Crippen LogP contribution in [-0.2, 0) is 12.3 Å². The number of rotatable bonds is 6. The van der Waals surface area contributed by atoms with Gasteiger partial charge in [-0.2, -0.15) is 22.0 Å². The smallest absolute Gasteiger partial charge is 0.429 e. The first-order valence-corrected chi connectivity index (χ1v) is 10.5. The van der Waals surface area contributed by atoms with Gasteiger partial charge < -0.3 is 4.74 Å². The molecule has 1 aliphatic rings. The summed E-state index contributed by atoms with van der Waals surface area (Å²) in [7, 11) is 0. The second-order valence-electron chi connectivity index (χ2n) is 8.22. The van der Waals surface area contributed by atoms with Gasteiger partial charge in [-0.05, 0) is 49.1 Å². The molecule has 0 amide bonds. The molecular formula is C23H21F9O. The highest BCUT2D eigenvalue weighted by atomic mass is 19.4. The number of ether oxygens (including phenoxy) is 1. The Morgan fingerprint density at radius 2 is 1.42 bits per heavy atom. The summed E-state index contributed by atoms with van der Waals surface area (Å²) in [4.78, 5) is 0. The molecule has 2 aromatic carbocycles. The van der Waals surface area contributed by atoms with E-state index in [-0.39, 0.29) is 23.6 Å². The van der Waals surface area contributed by atoms with E-state index in [1.165, 1.54) is 0 Å². The molecule has 0 atom stereocenters. The zero-order chi connectivity index (χ0) is 24.6. The fourth-order valence-corrected chi connectivity index (χ4v) is 4.36. The monoisotopic (exact) mass is 484 g/mol. The van der Waals surface area contributed by atoms with Crippen LogP contribution in [0.1, 0.15) is 68.1 Å². The Kier molecular flexibility index (Phi) is 7.24. The van der Waals surface area contributed by atoms with Crippen LogP contribution in [0.4, 0.5) is 39.5 Å². The molecule has 10 heteroatoms. The van der Waals surface area contributed by atoms with E-state index in [4.69, 9.17) is 0 Å². The summed E-state index contributed by atoms with van der Waals surface area (Å²) in [5.74, 6) is -8.90. The molecule has 2 aromatic rings. The Hall–Kier alpha value is -2.39. The van der Waals surface area contributed by atoms with E-state index >= 15 is 0 Å². The van der Waals surface area contributed by atoms with Crippen molar-refractivity contribution in [1.82, 2.24) is 0 Å². The first kappa shape index (κ1) is 25.2. The maximum absolute atomic E-state index is 14.7. The van der Waals surface area contributed by atoms with Crippen molar-refractivity contribution in [1.29, 1.82) is 0 Å². The van der Waals surface area contributed by atoms with E-state index in [0.717, 1.165) is 31.7 Å². The zero-order valence-corrected chi connectivity index (χ0v) is 17.5. The van der Waals surface area contributed by atoms with Crippen LogP contribution in [0.2, 0.25) is 0 Å². The fraction of sp³-hybridized carbons (Fsp3) is 0.478. The van der Waals surface area contributed by atoms with Gasteiger partial charge in [0.05, 0.1) is 0 Å². The minimum Gasteiger partial charge on any atom is -0.429 e. The van der Waals surface area contributed by atoms with Crippen LogP contribution >= 0.6 is 0 Å². The highest BCUT2D eigenvalue weighted by Gasteiger charge is 2.42. The molecule has 0 bridgehead atoms. The van der Waals surface area contributed by atoms with E-state index in [1.54, 1.807) is 0 Å². The SMILES string of the molecule is CCCC1CCC(c2ccc(C(F)(F)Oc3cc(F)c(C(F)(F)F)c(F)c3)c(F)c2F)CC1. The van der Waals surface area contributed by atoms with E-state index in [0.29, 0.717) is 24.8 Å². The van der Waals surface area contributed by atoms with Crippen molar-refractivity contribution < 1.29 is 44.3 Å². The Labute approximate surface area is 184 Å². The highest BCUT2D eigenvalue weighted by molar-refractivity contribution is 5.35. The Morgan fingerprint density at radius 3 is 1.94 bits per heavy atom. The highest BCUT2D eigenvalue weighted by Crippen LogP contribution is 2.42. The quantitative estimate of drug-likeness (QED) is 0.374. The number of hydrogen-bond donors (Lipinski definition) is 0. The summed E-state index contributed by atoms with van der Waals surface area (Å²) >= 11 is 0. The summed E-state index contributed by atoms with van der Waals surface area (Å²) in [6, 6.07) is 1.43. The minimum absolute atomic E-state index is 0.0476. The van der Waals surface area contributed by atoms with Crippen molar-refractivity contribution >= 4 is 0 Å². The van der Waals surface area contributed by atoms with Crippen LogP contribution in [-0.4, -0.2) is 0 Å². The molecule has 1 fully saturated rings. The average molecular weight is 484 g/mol. The van der Waals surface area contributed by atoms with Gasteiger partial charge in [-0.3, -0.25) is 0 Å². The lowest BCUT2D eigenvalue weighted by Gasteiger charge is -2.29. The summed E-state index contributed by atoms with van der Waals surface area (Å²) < 4.78 is 127. The van der Waals surface area contributed by atoms with Gasteiger partial charge in [-0.1, -0.05) is 25.8 Å². The number of halogens is 9. The molecule has 1 saturated carbocycles. The third kappa shape index (κ3) is 5.41.